The molecular weight excluding hydrogens is 330 g/mol. The third kappa shape index (κ3) is 3.08. The van der Waals surface area contributed by atoms with E-state index in [4.69, 9.17) is 0 Å². The molecule has 1 amide bonds. The van der Waals surface area contributed by atoms with E-state index in [0.717, 1.165) is 43.2 Å². The molecule has 0 spiro atoms. The molecule has 1 atom stereocenters. The van der Waals surface area contributed by atoms with Crippen molar-refractivity contribution in [3.8, 4) is 0 Å². The van der Waals surface area contributed by atoms with Crippen LogP contribution in [0.5, 0.6) is 0 Å². The van der Waals surface area contributed by atoms with Crippen molar-refractivity contribution in [2.75, 3.05) is 13.1 Å². The standard InChI is InChI=1S/C18H23N7O/c1-12(2)16(17-22-21-15-6-7-19-8-10-24(15)17)20-18(26)14-11-13-5-3-4-9-25(13)23-14/h3-5,9,11-12,16,19H,6-8,10H2,1-2H3,(H,20,26). The van der Waals surface area contributed by atoms with Crippen molar-refractivity contribution in [2.24, 2.45) is 5.92 Å². The maximum atomic E-state index is 12.8. The summed E-state index contributed by atoms with van der Waals surface area (Å²) in [7, 11) is 0. The lowest BCUT2D eigenvalue weighted by molar-refractivity contribution is 0.0916. The third-order valence-electron chi connectivity index (χ3n) is 4.73. The summed E-state index contributed by atoms with van der Waals surface area (Å²) in [4.78, 5) is 12.8. The number of hydrogen-bond acceptors (Lipinski definition) is 5. The van der Waals surface area contributed by atoms with Gasteiger partial charge in [0.2, 0.25) is 0 Å². The van der Waals surface area contributed by atoms with Crippen LogP contribution in [0.1, 0.15) is 42.0 Å². The molecule has 1 unspecified atom stereocenters. The number of aromatic nitrogens is 5. The summed E-state index contributed by atoms with van der Waals surface area (Å²) in [5.41, 5.74) is 1.29. The van der Waals surface area contributed by atoms with Crippen LogP contribution < -0.4 is 10.6 Å². The molecule has 8 heteroatoms. The summed E-state index contributed by atoms with van der Waals surface area (Å²) < 4.78 is 3.84. The van der Waals surface area contributed by atoms with E-state index in [1.165, 1.54) is 0 Å². The third-order valence-corrected chi connectivity index (χ3v) is 4.73. The monoisotopic (exact) mass is 353 g/mol. The number of rotatable bonds is 4. The second-order valence-corrected chi connectivity index (χ2v) is 6.92. The maximum absolute atomic E-state index is 12.8. The molecule has 1 aliphatic rings. The molecule has 0 saturated carbocycles. The predicted molar refractivity (Wildman–Crippen MR) is 96.8 cm³/mol. The van der Waals surface area contributed by atoms with Gasteiger partial charge in [-0.05, 0) is 24.1 Å². The summed E-state index contributed by atoms with van der Waals surface area (Å²) in [6.45, 7) is 6.74. The van der Waals surface area contributed by atoms with Crippen molar-refractivity contribution in [1.29, 1.82) is 0 Å². The van der Waals surface area contributed by atoms with E-state index < -0.39 is 0 Å². The van der Waals surface area contributed by atoms with Gasteiger partial charge in [0, 0.05) is 32.3 Å². The zero-order valence-electron chi connectivity index (χ0n) is 15.0. The van der Waals surface area contributed by atoms with Gasteiger partial charge >= 0.3 is 0 Å². The van der Waals surface area contributed by atoms with E-state index in [-0.39, 0.29) is 17.9 Å². The number of carbonyl (C=O) groups is 1. The molecule has 3 aromatic rings. The summed E-state index contributed by atoms with van der Waals surface area (Å²) in [5, 5.41) is 19.6. The van der Waals surface area contributed by atoms with Crippen LogP contribution in [-0.2, 0) is 13.0 Å². The van der Waals surface area contributed by atoms with Crippen LogP contribution in [0.2, 0.25) is 0 Å². The van der Waals surface area contributed by atoms with Gasteiger partial charge in [0.15, 0.2) is 11.5 Å². The Bertz CT molecular complexity index is 894. The number of hydrogen-bond donors (Lipinski definition) is 2. The van der Waals surface area contributed by atoms with Crippen LogP contribution in [0, 0.1) is 5.92 Å². The molecule has 8 nitrogen and oxygen atoms in total. The fourth-order valence-electron chi connectivity index (χ4n) is 3.32. The zero-order chi connectivity index (χ0) is 18.1. The minimum absolute atomic E-state index is 0.181. The predicted octanol–water partition coefficient (Wildman–Crippen LogP) is 1.20. The van der Waals surface area contributed by atoms with Gasteiger partial charge in [-0.3, -0.25) is 4.79 Å². The second kappa shape index (κ2) is 6.87. The van der Waals surface area contributed by atoms with Crippen molar-refractivity contribution in [3.05, 3.63) is 47.8 Å². The Morgan fingerprint density at radius 2 is 2.15 bits per heavy atom. The number of pyridine rings is 1. The number of nitrogens with one attached hydrogen (secondary N) is 2. The van der Waals surface area contributed by atoms with Crippen LogP contribution in [0.4, 0.5) is 0 Å². The lowest BCUT2D eigenvalue weighted by atomic mass is 10.0. The highest BCUT2D eigenvalue weighted by molar-refractivity contribution is 5.93. The zero-order valence-corrected chi connectivity index (χ0v) is 15.0. The molecule has 0 aliphatic carbocycles. The van der Waals surface area contributed by atoms with E-state index in [1.54, 1.807) is 10.6 Å². The number of carbonyl (C=O) groups excluding carboxylic acids is 1. The summed E-state index contributed by atoms with van der Waals surface area (Å²) in [6, 6.07) is 7.31. The van der Waals surface area contributed by atoms with Gasteiger partial charge in [-0.25, -0.2) is 4.52 Å². The largest absolute Gasteiger partial charge is 0.340 e. The van der Waals surface area contributed by atoms with Gasteiger partial charge in [0.1, 0.15) is 5.82 Å². The highest BCUT2D eigenvalue weighted by Gasteiger charge is 2.27. The van der Waals surface area contributed by atoms with Crippen LogP contribution >= 0.6 is 0 Å². The second-order valence-electron chi connectivity index (χ2n) is 6.92. The van der Waals surface area contributed by atoms with E-state index in [9.17, 15) is 4.79 Å². The fourth-order valence-corrected chi connectivity index (χ4v) is 3.32. The molecule has 136 valence electrons. The SMILES string of the molecule is CC(C)C(NC(=O)c1cc2ccccn2n1)c1nnc2n1CCNCC2. The Morgan fingerprint density at radius 1 is 1.27 bits per heavy atom. The number of fused-ring (bicyclic) bond motifs is 2. The Balaban J connectivity index is 1.61. The van der Waals surface area contributed by atoms with Gasteiger partial charge in [0.25, 0.3) is 5.91 Å². The Hall–Kier alpha value is -2.74. The average molecular weight is 353 g/mol. The molecule has 4 heterocycles. The van der Waals surface area contributed by atoms with Crippen LogP contribution in [0.3, 0.4) is 0 Å². The van der Waals surface area contributed by atoms with Gasteiger partial charge in [-0.2, -0.15) is 5.10 Å². The molecular formula is C18H23N7O. The first-order valence-corrected chi connectivity index (χ1v) is 9.01. The van der Waals surface area contributed by atoms with Crippen molar-refractivity contribution < 1.29 is 4.79 Å². The van der Waals surface area contributed by atoms with Crippen molar-refractivity contribution >= 4 is 11.4 Å². The quantitative estimate of drug-likeness (QED) is 0.736. The molecule has 0 fully saturated rings. The summed E-state index contributed by atoms with van der Waals surface area (Å²) in [5.74, 6) is 1.77. The van der Waals surface area contributed by atoms with Crippen LogP contribution in [0.15, 0.2) is 30.5 Å². The van der Waals surface area contributed by atoms with E-state index in [1.807, 2.05) is 24.4 Å². The fraction of sp³-hybridized carbons (Fsp3) is 0.444. The molecule has 0 saturated heterocycles. The molecule has 2 N–H and O–H groups in total. The van der Waals surface area contributed by atoms with Crippen molar-refractivity contribution in [1.82, 2.24) is 35.0 Å². The average Bonchev–Trinajstić information content (AvgIpc) is 3.16. The topological polar surface area (TPSA) is 89.1 Å². The molecule has 4 rings (SSSR count). The molecule has 1 aliphatic heterocycles. The first-order valence-electron chi connectivity index (χ1n) is 9.01. The van der Waals surface area contributed by atoms with Gasteiger partial charge in [0.05, 0.1) is 11.6 Å². The maximum Gasteiger partial charge on any atom is 0.272 e. The Labute approximate surface area is 151 Å². The van der Waals surface area contributed by atoms with Crippen LogP contribution in [-0.4, -0.2) is 43.4 Å². The minimum atomic E-state index is -0.216. The molecule has 0 aromatic carbocycles. The van der Waals surface area contributed by atoms with Gasteiger partial charge in [-0.15, -0.1) is 10.2 Å². The van der Waals surface area contributed by atoms with E-state index >= 15 is 0 Å². The van der Waals surface area contributed by atoms with Gasteiger partial charge in [-0.1, -0.05) is 19.9 Å². The first kappa shape index (κ1) is 16.7. The Kier molecular flexibility index (Phi) is 4.42. The molecule has 0 bridgehead atoms. The summed E-state index contributed by atoms with van der Waals surface area (Å²) >= 11 is 0. The first-order chi connectivity index (χ1) is 12.6. The minimum Gasteiger partial charge on any atom is -0.340 e. The van der Waals surface area contributed by atoms with E-state index in [0.29, 0.717) is 5.69 Å². The van der Waals surface area contributed by atoms with Crippen LogP contribution in [0.25, 0.3) is 5.52 Å². The normalized spacial score (nSPS) is 15.7. The molecule has 0 radical (unpaired) electrons. The highest BCUT2D eigenvalue weighted by atomic mass is 16.2. The lowest BCUT2D eigenvalue weighted by Gasteiger charge is -2.22. The van der Waals surface area contributed by atoms with Gasteiger partial charge < -0.3 is 15.2 Å². The lowest BCUT2D eigenvalue weighted by Crippen LogP contribution is -2.34. The number of nitrogens with zero attached hydrogens (tertiary/aromatic N) is 5. The van der Waals surface area contributed by atoms with Crippen molar-refractivity contribution in [3.63, 3.8) is 0 Å². The summed E-state index contributed by atoms with van der Waals surface area (Å²) in [6.07, 6.45) is 2.68. The molecule has 3 aromatic heterocycles. The van der Waals surface area contributed by atoms with E-state index in [2.05, 4.69) is 44.3 Å². The molecule has 26 heavy (non-hydrogen) atoms. The van der Waals surface area contributed by atoms with Crippen molar-refractivity contribution in [2.45, 2.75) is 32.9 Å². The smallest absolute Gasteiger partial charge is 0.272 e. The highest BCUT2D eigenvalue weighted by Crippen LogP contribution is 2.22. The number of amides is 1. The Morgan fingerprint density at radius 3 is 2.96 bits per heavy atom.